The summed E-state index contributed by atoms with van der Waals surface area (Å²) < 4.78 is 7.19. The molecule has 0 unspecified atom stereocenters. The summed E-state index contributed by atoms with van der Waals surface area (Å²) >= 11 is 0. The van der Waals surface area contributed by atoms with Gasteiger partial charge in [-0.2, -0.15) is 0 Å². The molecule has 0 N–H and O–H groups in total. The second-order valence-electron chi connectivity index (χ2n) is 7.44. The van der Waals surface area contributed by atoms with Crippen molar-refractivity contribution < 1.29 is 14.3 Å². The van der Waals surface area contributed by atoms with Crippen LogP contribution in [0.25, 0.3) is 0 Å². The van der Waals surface area contributed by atoms with E-state index in [9.17, 15) is 9.59 Å². The molecule has 1 aromatic rings. The second kappa shape index (κ2) is 7.73. The SMILES string of the molecule is O=C(CCc1nnn2c1CN(C(=O)C1CCCC1)CC2)N1CCOCC1. The van der Waals surface area contributed by atoms with Crippen LogP contribution >= 0.6 is 0 Å². The topological polar surface area (TPSA) is 80.6 Å². The van der Waals surface area contributed by atoms with Crippen LogP contribution in [0.3, 0.4) is 0 Å². The molecular formula is C18H27N5O3. The molecule has 8 heteroatoms. The molecule has 0 bridgehead atoms. The zero-order valence-corrected chi connectivity index (χ0v) is 15.2. The smallest absolute Gasteiger partial charge is 0.226 e. The first-order valence-electron chi connectivity index (χ1n) is 9.78. The lowest BCUT2D eigenvalue weighted by Gasteiger charge is -2.30. The van der Waals surface area contributed by atoms with E-state index in [0.29, 0.717) is 58.8 Å². The van der Waals surface area contributed by atoms with Crippen LogP contribution in [0.2, 0.25) is 0 Å². The number of carbonyl (C=O) groups excluding carboxylic acids is 2. The summed E-state index contributed by atoms with van der Waals surface area (Å²) in [4.78, 5) is 28.9. The molecule has 3 aliphatic rings. The van der Waals surface area contributed by atoms with Crippen molar-refractivity contribution in [2.24, 2.45) is 5.92 Å². The Hall–Kier alpha value is -1.96. The van der Waals surface area contributed by atoms with Crippen LogP contribution in [0.4, 0.5) is 0 Å². The Morgan fingerprint density at radius 1 is 1.04 bits per heavy atom. The fourth-order valence-corrected chi connectivity index (χ4v) is 4.21. The molecule has 1 aliphatic carbocycles. The van der Waals surface area contributed by atoms with Gasteiger partial charge in [-0.15, -0.1) is 5.10 Å². The van der Waals surface area contributed by atoms with Crippen LogP contribution in [-0.2, 0) is 33.8 Å². The van der Waals surface area contributed by atoms with Gasteiger partial charge in [0.05, 0.1) is 37.7 Å². The molecule has 0 aromatic carbocycles. The average molecular weight is 361 g/mol. The van der Waals surface area contributed by atoms with Crippen LogP contribution in [-0.4, -0.2) is 69.5 Å². The number of morpholine rings is 1. The largest absolute Gasteiger partial charge is 0.378 e. The normalized spacial score (nSPS) is 21.1. The number of carbonyl (C=O) groups is 2. The Balaban J connectivity index is 1.37. The van der Waals surface area contributed by atoms with Crippen LogP contribution in [0.15, 0.2) is 0 Å². The van der Waals surface area contributed by atoms with Crippen molar-refractivity contribution in [2.75, 3.05) is 32.8 Å². The van der Waals surface area contributed by atoms with Gasteiger partial charge in [0.25, 0.3) is 0 Å². The molecule has 0 atom stereocenters. The molecular weight excluding hydrogens is 334 g/mol. The summed E-state index contributed by atoms with van der Waals surface area (Å²) in [6.45, 7) is 4.54. The highest BCUT2D eigenvalue weighted by Gasteiger charge is 2.31. The van der Waals surface area contributed by atoms with Gasteiger partial charge in [-0.1, -0.05) is 18.1 Å². The summed E-state index contributed by atoms with van der Waals surface area (Å²) in [5.74, 6) is 0.624. The minimum absolute atomic E-state index is 0.143. The van der Waals surface area contributed by atoms with E-state index in [2.05, 4.69) is 10.3 Å². The highest BCUT2D eigenvalue weighted by Crippen LogP contribution is 2.28. The first-order valence-corrected chi connectivity index (χ1v) is 9.78. The summed E-state index contributed by atoms with van der Waals surface area (Å²) in [5.41, 5.74) is 1.85. The van der Waals surface area contributed by atoms with Gasteiger partial charge in [0, 0.05) is 38.4 Å². The number of amides is 2. The molecule has 2 amide bonds. The van der Waals surface area contributed by atoms with Crippen molar-refractivity contribution in [1.29, 1.82) is 0 Å². The van der Waals surface area contributed by atoms with Crippen LogP contribution in [0.5, 0.6) is 0 Å². The van der Waals surface area contributed by atoms with Crippen LogP contribution in [0.1, 0.15) is 43.5 Å². The van der Waals surface area contributed by atoms with Crippen molar-refractivity contribution in [3.05, 3.63) is 11.4 Å². The van der Waals surface area contributed by atoms with Gasteiger partial charge in [-0.05, 0) is 12.8 Å². The molecule has 1 saturated heterocycles. The first-order chi connectivity index (χ1) is 12.7. The Morgan fingerprint density at radius 3 is 2.58 bits per heavy atom. The van der Waals surface area contributed by atoms with E-state index in [-0.39, 0.29) is 17.7 Å². The minimum Gasteiger partial charge on any atom is -0.378 e. The number of fused-ring (bicyclic) bond motifs is 1. The number of nitrogens with zero attached hydrogens (tertiary/aromatic N) is 5. The average Bonchev–Trinajstić information content (AvgIpc) is 3.36. The summed E-state index contributed by atoms with van der Waals surface area (Å²) in [5, 5.41) is 8.51. The molecule has 2 aliphatic heterocycles. The van der Waals surface area contributed by atoms with Crippen LogP contribution in [0, 0.1) is 5.92 Å². The van der Waals surface area contributed by atoms with E-state index >= 15 is 0 Å². The summed E-state index contributed by atoms with van der Waals surface area (Å²) in [6, 6.07) is 0. The third kappa shape index (κ3) is 3.60. The zero-order chi connectivity index (χ0) is 17.9. The van der Waals surface area contributed by atoms with Gasteiger partial charge in [-0.3, -0.25) is 9.59 Å². The number of hydrogen-bond donors (Lipinski definition) is 0. The molecule has 1 saturated carbocycles. The van der Waals surface area contributed by atoms with Crippen LogP contribution < -0.4 is 0 Å². The zero-order valence-electron chi connectivity index (χ0n) is 15.2. The van der Waals surface area contributed by atoms with E-state index in [0.717, 1.165) is 24.2 Å². The maximum Gasteiger partial charge on any atom is 0.226 e. The lowest BCUT2D eigenvalue weighted by Crippen LogP contribution is -2.41. The Bertz CT molecular complexity index is 662. The standard InChI is InChI=1S/C18H27N5O3/c24-17(21-9-11-26-12-10-21)6-5-15-16-13-22(7-8-23(16)20-19-15)18(25)14-3-1-2-4-14/h14H,1-13H2. The van der Waals surface area contributed by atoms with E-state index < -0.39 is 0 Å². The molecule has 0 spiro atoms. The lowest BCUT2D eigenvalue weighted by atomic mass is 10.1. The molecule has 1 aromatic heterocycles. The first kappa shape index (κ1) is 17.5. The second-order valence-corrected chi connectivity index (χ2v) is 7.44. The number of ether oxygens (including phenoxy) is 1. The van der Waals surface area contributed by atoms with E-state index in [1.165, 1.54) is 12.8 Å². The molecule has 26 heavy (non-hydrogen) atoms. The van der Waals surface area contributed by atoms with Gasteiger partial charge >= 0.3 is 0 Å². The molecule has 2 fully saturated rings. The number of hydrogen-bond acceptors (Lipinski definition) is 5. The minimum atomic E-state index is 0.143. The Morgan fingerprint density at radius 2 is 1.81 bits per heavy atom. The third-order valence-corrected chi connectivity index (χ3v) is 5.80. The summed E-state index contributed by atoms with van der Waals surface area (Å²) in [7, 11) is 0. The fourth-order valence-electron chi connectivity index (χ4n) is 4.21. The van der Waals surface area contributed by atoms with E-state index in [1.54, 1.807) is 0 Å². The summed E-state index contributed by atoms with van der Waals surface area (Å²) in [6.07, 6.45) is 5.39. The van der Waals surface area contributed by atoms with Crippen molar-refractivity contribution in [3.63, 3.8) is 0 Å². The van der Waals surface area contributed by atoms with E-state index in [4.69, 9.17) is 4.74 Å². The Labute approximate surface area is 153 Å². The van der Waals surface area contributed by atoms with Gasteiger partial charge in [-0.25, -0.2) is 4.68 Å². The van der Waals surface area contributed by atoms with E-state index in [1.807, 2.05) is 14.5 Å². The fraction of sp³-hybridized carbons (Fsp3) is 0.778. The highest BCUT2D eigenvalue weighted by atomic mass is 16.5. The quantitative estimate of drug-likeness (QED) is 0.785. The monoisotopic (exact) mass is 361 g/mol. The molecule has 0 radical (unpaired) electrons. The maximum atomic E-state index is 12.7. The highest BCUT2D eigenvalue weighted by molar-refractivity contribution is 5.79. The molecule has 4 rings (SSSR count). The number of aryl methyl sites for hydroxylation is 1. The van der Waals surface area contributed by atoms with Crippen molar-refractivity contribution in [1.82, 2.24) is 24.8 Å². The lowest BCUT2D eigenvalue weighted by molar-refractivity contribution is -0.137. The molecule has 142 valence electrons. The van der Waals surface area contributed by atoms with Gasteiger partial charge < -0.3 is 14.5 Å². The molecule has 3 heterocycles. The van der Waals surface area contributed by atoms with Gasteiger partial charge in [0.1, 0.15) is 0 Å². The third-order valence-electron chi connectivity index (χ3n) is 5.80. The maximum absolute atomic E-state index is 12.7. The predicted molar refractivity (Wildman–Crippen MR) is 93.1 cm³/mol. The van der Waals surface area contributed by atoms with Crippen molar-refractivity contribution in [3.8, 4) is 0 Å². The van der Waals surface area contributed by atoms with Gasteiger partial charge in [0.2, 0.25) is 11.8 Å². The van der Waals surface area contributed by atoms with Gasteiger partial charge in [0.15, 0.2) is 0 Å². The number of aromatic nitrogens is 3. The molecule has 8 nitrogen and oxygen atoms in total. The number of rotatable bonds is 4. The van der Waals surface area contributed by atoms with Crippen molar-refractivity contribution in [2.45, 2.75) is 51.6 Å². The predicted octanol–water partition coefficient (Wildman–Crippen LogP) is 0.602. The van der Waals surface area contributed by atoms with Crippen molar-refractivity contribution >= 4 is 11.8 Å². The Kier molecular flexibility index (Phi) is 5.19.